The molecule has 0 spiro atoms. The quantitative estimate of drug-likeness (QED) is 0.151. The lowest BCUT2D eigenvalue weighted by atomic mass is 9.91. The lowest BCUT2D eigenvalue weighted by Gasteiger charge is -2.14. The molecular weight excluding hydrogens is 753 g/mol. The molecule has 4 nitrogen and oxygen atoms in total. The van der Waals surface area contributed by atoms with Gasteiger partial charge in [-0.25, -0.2) is 15.0 Å². The van der Waals surface area contributed by atoms with E-state index in [4.69, 9.17) is 15.0 Å². The second kappa shape index (κ2) is 15.5. The van der Waals surface area contributed by atoms with E-state index in [1.807, 2.05) is 12.3 Å². The Bertz CT molecular complexity index is 3410. The van der Waals surface area contributed by atoms with E-state index in [9.17, 15) is 0 Å². The van der Waals surface area contributed by atoms with Gasteiger partial charge < -0.3 is 0 Å². The van der Waals surface area contributed by atoms with Gasteiger partial charge in [0.1, 0.15) is 0 Å². The first-order chi connectivity index (χ1) is 30.5. The first kappa shape index (κ1) is 37.0. The van der Waals surface area contributed by atoms with Crippen LogP contribution in [0.2, 0.25) is 0 Å². The van der Waals surface area contributed by atoms with E-state index < -0.39 is 0 Å². The molecule has 0 atom stereocenters. The van der Waals surface area contributed by atoms with E-state index in [2.05, 4.69) is 213 Å². The molecule has 2 aromatic heterocycles. The molecule has 11 aromatic rings. The molecular formula is C58H40N4. The monoisotopic (exact) mass is 792 g/mol. The standard InChI is InChI=1S/C58H40N4/c1-37-11-9-14-44(31-37)56-60-57(45-15-10-12-38(2)32-45)62-58(61-56)48-34-46(39-21-25-41(26-22-39)50-29-30-59-55-20-8-7-19-53(50)55)33-47(35-48)40-23-27-42(28-24-40)54-36-43-13-3-4-16-49(43)51-17-5-6-18-52(51)54/h3-36H,1-2H3. The Balaban J connectivity index is 1.07. The van der Waals surface area contributed by atoms with Gasteiger partial charge >= 0.3 is 0 Å². The number of aryl methyl sites for hydroxylation is 2. The molecule has 0 saturated heterocycles. The predicted molar refractivity (Wildman–Crippen MR) is 258 cm³/mol. The number of rotatable bonds is 7. The Morgan fingerprint density at radius 3 is 1.39 bits per heavy atom. The number of nitrogens with zero attached hydrogens (tertiary/aromatic N) is 4. The van der Waals surface area contributed by atoms with E-state index >= 15 is 0 Å². The van der Waals surface area contributed by atoms with Crippen LogP contribution in [0.25, 0.3) is 111 Å². The van der Waals surface area contributed by atoms with Crippen LogP contribution in [0.4, 0.5) is 0 Å². The molecule has 0 aliphatic carbocycles. The number of aromatic nitrogens is 4. The van der Waals surface area contributed by atoms with E-state index in [0.717, 1.165) is 72.1 Å². The van der Waals surface area contributed by atoms with Crippen molar-refractivity contribution in [3.8, 4) is 78.7 Å². The highest BCUT2D eigenvalue weighted by Crippen LogP contribution is 2.38. The van der Waals surface area contributed by atoms with Gasteiger partial charge in [-0.1, -0.05) is 163 Å². The average molecular weight is 793 g/mol. The smallest absolute Gasteiger partial charge is 0.164 e. The van der Waals surface area contributed by atoms with Gasteiger partial charge in [-0.3, -0.25) is 4.98 Å². The SMILES string of the molecule is Cc1cccc(-c2nc(-c3cccc(C)c3)nc(-c3cc(-c4ccc(-c5ccnc6ccccc56)cc4)cc(-c4ccc(-c5cc6ccccc6c6ccccc56)cc4)c3)n2)c1. The molecule has 0 aliphatic heterocycles. The van der Waals surface area contributed by atoms with Gasteiger partial charge in [-0.05, 0) is 128 Å². The molecule has 0 unspecified atom stereocenters. The summed E-state index contributed by atoms with van der Waals surface area (Å²) in [6.07, 6.45) is 1.89. The molecule has 4 heteroatoms. The first-order valence-electron chi connectivity index (χ1n) is 21.0. The van der Waals surface area contributed by atoms with Crippen LogP contribution < -0.4 is 0 Å². The minimum absolute atomic E-state index is 0.621. The summed E-state index contributed by atoms with van der Waals surface area (Å²) in [6.45, 7) is 4.19. The van der Waals surface area contributed by atoms with Crippen molar-refractivity contribution in [2.75, 3.05) is 0 Å². The zero-order valence-electron chi connectivity index (χ0n) is 34.4. The van der Waals surface area contributed by atoms with Crippen molar-refractivity contribution in [3.63, 3.8) is 0 Å². The number of para-hydroxylation sites is 1. The summed E-state index contributed by atoms with van der Waals surface area (Å²) in [5, 5.41) is 6.14. The number of benzene rings is 9. The van der Waals surface area contributed by atoms with Crippen LogP contribution in [0.15, 0.2) is 206 Å². The van der Waals surface area contributed by atoms with Gasteiger partial charge in [0.25, 0.3) is 0 Å². The summed E-state index contributed by atoms with van der Waals surface area (Å²) in [5.74, 6) is 1.90. The molecule has 0 radical (unpaired) electrons. The molecule has 292 valence electrons. The zero-order valence-corrected chi connectivity index (χ0v) is 34.4. The fourth-order valence-corrected chi connectivity index (χ4v) is 8.75. The third-order valence-corrected chi connectivity index (χ3v) is 11.9. The minimum Gasteiger partial charge on any atom is -0.256 e. The van der Waals surface area contributed by atoms with Crippen LogP contribution in [0.1, 0.15) is 11.1 Å². The first-order valence-corrected chi connectivity index (χ1v) is 21.0. The number of hydrogen-bond acceptors (Lipinski definition) is 4. The third kappa shape index (κ3) is 6.98. The highest BCUT2D eigenvalue weighted by atomic mass is 15.0. The average Bonchev–Trinajstić information content (AvgIpc) is 3.33. The van der Waals surface area contributed by atoms with Crippen LogP contribution in [0.3, 0.4) is 0 Å². The van der Waals surface area contributed by atoms with E-state index in [-0.39, 0.29) is 0 Å². The number of hydrogen-bond donors (Lipinski definition) is 0. The Morgan fingerprint density at radius 2 is 0.774 bits per heavy atom. The summed E-state index contributed by atoms with van der Waals surface area (Å²) < 4.78 is 0. The number of pyridine rings is 1. The molecule has 9 aromatic carbocycles. The Morgan fingerprint density at radius 1 is 0.290 bits per heavy atom. The fraction of sp³-hybridized carbons (Fsp3) is 0.0345. The normalized spacial score (nSPS) is 11.4. The Labute approximate surface area is 360 Å². The van der Waals surface area contributed by atoms with Crippen LogP contribution >= 0.6 is 0 Å². The predicted octanol–water partition coefficient (Wildman–Crippen LogP) is 15.0. The Kier molecular flexibility index (Phi) is 9.24. The van der Waals surface area contributed by atoms with E-state index in [1.165, 1.54) is 32.7 Å². The van der Waals surface area contributed by atoms with Crippen LogP contribution in [-0.2, 0) is 0 Å². The van der Waals surface area contributed by atoms with Gasteiger partial charge in [-0.2, -0.15) is 0 Å². The Hall–Kier alpha value is -8.08. The zero-order chi connectivity index (χ0) is 41.6. The lowest BCUT2D eigenvalue weighted by molar-refractivity contribution is 1.07. The highest BCUT2D eigenvalue weighted by molar-refractivity contribution is 6.13. The lowest BCUT2D eigenvalue weighted by Crippen LogP contribution is -2.01. The third-order valence-electron chi connectivity index (χ3n) is 11.9. The molecule has 11 rings (SSSR count). The summed E-state index contributed by atoms with van der Waals surface area (Å²) in [4.78, 5) is 20.0. The van der Waals surface area contributed by atoms with Gasteiger partial charge in [0.15, 0.2) is 17.5 Å². The van der Waals surface area contributed by atoms with Crippen molar-refractivity contribution in [2.45, 2.75) is 13.8 Å². The molecule has 0 N–H and O–H groups in total. The maximum atomic E-state index is 5.19. The molecule has 0 saturated carbocycles. The second-order valence-electron chi connectivity index (χ2n) is 16.1. The van der Waals surface area contributed by atoms with Gasteiger partial charge in [0, 0.05) is 28.3 Å². The van der Waals surface area contributed by atoms with Crippen molar-refractivity contribution < 1.29 is 0 Å². The molecule has 0 amide bonds. The van der Waals surface area contributed by atoms with Crippen molar-refractivity contribution in [1.82, 2.24) is 19.9 Å². The van der Waals surface area contributed by atoms with Crippen LogP contribution in [0.5, 0.6) is 0 Å². The molecule has 0 aliphatic rings. The van der Waals surface area contributed by atoms with E-state index in [1.54, 1.807) is 0 Å². The van der Waals surface area contributed by atoms with Crippen molar-refractivity contribution >= 4 is 32.4 Å². The van der Waals surface area contributed by atoms with Crippen molar-refractivity contribution in [3.05, 3.63) is 218 Å². The molecule has 62 heavy (non-hydrogen) atoms. The highest BCUT2D eigenvalue weighted by Gasteiger charge is 2.16. The van der Waals surface area contributed by atoms with Crippen molar-refractivity contribution in [1.29, 1.82) is 0 Å². The van der Waals surface area contributed by atoms with Gasteiger partial charge in [0.05, 0.1) is 5.52 Å². The summed E-state index contributed by atoms with van der Waals surface area (Å²) in [7, 11) is 0. The number of fused-ring (bicyclic) bond motifs is 4. The summed E-state index contributed by atoms with van der Waals surface area (Å²) >= 11 is 0. The molecule has 0 fully saturated rings. The summed E-state index contributed by atoms with van der Waals surface area (Å²) in [6, 6.07) is 71.3. The maximum absolute atomic E-state index is 5.19. The van der Waals surface area contributed by atoms with Crippen LogP contribution in [0, 0.1) is 13.8 Å². The van der Waals surface area contributed by atoms with Crippen molar-refractivity contribution in [2.24, 2.45) is 0 Å². The second-order valence-corrected chi connectivity index (χ2v) is 16.1. The molecule has 2 heterocycles. The topological polar surface area (TPSA) is 51.6 Å². The summed E-state index contributed by atoms with van der Waals surface area (Å²) in [5.41, 5.74) is 15.2. The maximum Gasteiger partial charge on any atom is 0.164 e. The molecule has 0 bridgehead atoms. The van der Waals surface area contributed by atoms with Gasteiger partial charge in [0.2, 0.25) is 0 Å². The van der Waals surface area contributed by atoms with Gasteiger partial charge in [-0.15, -0.1) is 0 Å². The fourth-order valence-electron chi connectivity index (χ4n) is 8.75. The minimum atomic E-state index is 0.621. The largest absolute Gasteiger partial charge is 0.256 e. The van der Waals surface area contributed by atoms with E-state index in [0.29, 0.717) is 17.5 Å². The van der Waals surface area contributed by atoms with Crippen LogP contribution in [-0.4, -0.2) is 19.9 Å².